The highest BCUT2D eigenvalue weighted by atomic mass is 16.6. The second kappa shape index (κ2) is 7.21. The molecule has 2 N–H and O–H groups in total. The molecule has 0 unspecified atom stereocenters. The summed E-state index contributed by atoms with van der Waals surface area (Å²) < 4.78 is 11.3. The SMILES string of the molecule is C[C@@H](N[C@@H](CCC(C)(C)C)C(=O)O)c1cccc2c1OCCO2. The van der Waals surface area contributed by atoms with E-state index in [1.165, 1.54) is 0 Å². The van der Waals surface area contributed by atoms with Gasteiger partial charge in [-0.3, -0.25) is 10.1 Å². The van der Waals surface area contributed by atoms with E-state index in [1.54, 1.807) is 0 Å². The van der Waals surface area contributed by atoms with Gasteiger partial charge in [0, 0.05) is 11.6 Å². The molecular formula is C18H27NO4. The van der Waals surface area contributed by atoms with Crippen molar-refractivity contribution in [2.75, 3.05) is 13.2 Å². The second-order valence-electron chi connectivity index (χ2n) is 7.25. The maximum absolute atomic E-state index is 11.6. The van der Waals surface area contributed by atoms with Crippen LogP contribution in [-0.4, -0.2) is 30.3 Å². The first-order valence-corrected chi connectivity index (χ1v) is 8.15. The lowest BCUT2D eigenvalue weighted by atomic mass is 9.88. The normalized spacial score (nSPS) is 16.7. The standard InChI is InChI=1S/C18H27NO4/c1-12(19-14(17(20)21)8-9-18(2,3)4)13-6-5-7-15-16(13)23-11-10-22-15/h5-7,12,14,19H,8-11H2,1-4H3,(H,20,21)/t12-,14+/m1/s1. The number of aliphatic carboxylic acids is 1. The molecule has 5 nitrogen and oxygen atoms in total. The Kier molecular flexibility index (Phi) is 5.52. The minimum Gasteiger partial charge on any atom is -0.486 e. The summed E-state index contributed by atoms with van der Waals surface area (Å²) in [5, 5.41) is 12.7. The van der Waals surface area contributed by atoms with Crippen LogP contribution < -0.4 is 14.8 Å². The molecule has 0 fully saturated rings. The zero-order valence-corrected chi connectivity index (χ0v) is 14.4. The average Bonchev–Trinajstić information content (AvgIpc) is 2.49. The number of carboxylic acid groups (broad SMARTS) is 1. The van der Waals surface area contributed by atoms with Crippen molar-refractivity contribution in [3.63, 3.8) is 0 Å². The fourth-order valence-corrected chi connectivity index (χ4v) is 2.68. The fraction of sp³-hybridized carbons (Fsp3) is 0.611. The van der Waals surface area contributed by atoms with Gasteiger partial charge in [0.2, 0.25) is 0 Å². The number of nitrogens with one attached hydrogen (secondary N) is 1. The molecule has 0 radical (unpaired) electrons. The molecule has 0 bridgehead atoms. The van der Waals surface area contributed by atoms with Crippen molar-refractivity contribution >= 4 is 5.97 Å². The molecule has 1 aliphatic heterocycles. The summed E-state index contributed by atoms with van der Waals surface area (Å²) in [4.78, 5) is 11.6. The summed E-state index contributed by atoms with van der Waals surface area (Å²) in [5.74, 6) is 0.630. The van der Waals surface area contributed by atoms with Crippen molar-refractivity contribution in [2.45, 2.75) is 52.6 Å². The number of rotatable bonds is 6. The van der Waals surface area contributed by atoms with Gasteiger partial charge < -0.3 is 14.6 Å². The van der Waals surface area contributed by atoms with Crippen molar-refractivity contribution < 1.29 is 19.4 Å². The number of hydrogen-bond acceptors (Lipinski definition) is 4. The maximum atomic E-state index is 11.6. The first-order chi connectivity index (χ1) is 10.8. The highest BCUT2D eigenvalue weighted by Crippen LogP contribution is 2.37. The predicted octanol–water partition coefficient (Wildman–Crippen LogP) is 3.39. The Morgan fingerprint density at radius 3 is 2.65 bits per heavy atom. The van der Waals surface area contributed by atoms with Crippen molar-refractivity contribution in [3.05, 3.63) is 23.8 Å². The Bertz CT molecular complexity index is 550. The average molecular weight is 321 g/mol. The summed E-state index contributed by atoms with van der Waals surface area (Å²) in [5.41, 5.74) is 1.05. The third kappa shape index (κ3) is 4.86. The van der Waals surface area contributed by atoms with E-state index in [0.29, 0.717) is 19.6 Å². The Hall–Kier alpha value is -1.75. The van der Waals surface area contributed by atoms with Crippen LogP contribution in [0.4, 0.5) is 0 Å². The van der Waals surface area contributed by atoms with Crippen LogP contribution >= 0.6 is 0 Å². The third-order valence-corrected chi connectivity index (χ3v) is 4.00. The molecule has 0 amide bonds. The topological polar surface area (TPSA) is 67.8 Å². The zero-order valence-electron chi connectivity index (χ0n) is 14.4. The van der Waals surface area contributed by atoms with Crippen LogP contribution in [0.1, 0.15) is 52.1 Å². The molecule has 0 aliphatic carbocycles. The molecule has 5 heteroatoms. The molecule has 0 saturated heterocycles. The van der Waals surface area contributed by atoms with Crippen LogP contribution in [0.3, 0.4) is 0 Å². The minimum absolute atomic E-state index is 0.113. The van der Waals surface area contributed by atoms with Crippen molar-refractivity contribution in [2.24, 2.45) is 5.41 Å². The maximum Gasteiger partial charge on any atom is 0.320 e. The molecule has 2 atom stereocenters. The number of carbonyl (C=O) groups is 1. The molecular weight excluding hydrogens is 294 g/mol. The first-order valence-electron chi connectivity index (χ1n) is 8.15. The Morgan fingerprint density at radius 1 is 1.30 bits per heavy atom. The summed E-state index contributed by atoms with van der Waals surface area (Å²) >= 11 is 0. The van der Waals surface area contributed by atoms with E-state index in [1.807, 2.05) is 25.1 Å². The number of fused-ring (bicyclic) bond motifs is 1. The third-order valence-electron chi connectivity index (χ3n) is 4.00. The number of hydrogen-bond donors (Lipinski definition) is 2. The van der Waals surface area contributed by atoms with E-state index < -0.39 is 12.0 Å². The van der Waals surface area contributed by atoms with Crippen LogP contribution in [0.2, 0.25) is 0 Å². The summed E-state index contributed by atoms with van der Waals surface area (Å²) in [6.07, 6.45) is 1.44. The minimum atomic E-state index is -0.817. The second-order valence-corrected chi connectivity index (χ2v) is 7.25. The lowest BCUT2D eigenvalue weighted by molar-refractivity contribution is -0.140. The quantitative estimate of drug-likeness (QED) is 0.840. The van der Waals surface area contributed by atoms with E-state index in [4.69, 9.17) is 9.47 Å². The number of carboxylic acids is 1. The van der Waals surface area contributed by atoms with E-state index >= 15 is 0 Å². The van der Waals surface area contributed by atoms with Gasteiger partial charge in [-0.15, -0.1) is 0 Å². The first kappa shape index (κ1) is 17.6. The highest BCUT2D eigenvalue weighted by molar-refractivity contribution is 5.73. The molecule has 0 aromatic heterocycles. The lowest BCUT2D eigenvalue weighted by Gasteiger charge is -2.27. The molecule has 1 aromatic rings. The summed E-state index contributed by atoms with van der Waals surface area (Å²) in [6.45, 7) is 9.38. The van der Waals surface area contributed by atoms with Gasteiger partial charge in [-0.1, -0.05) is 32.9 Å². The van der Waals surface area contributed by atoms with Gasteiger partial charge in [-0.25, -0.2) is 0 Å². The van der Waals surface area contributed by atoms with E-state index in [0.717, 1.165) is 23.5 Å². The highest BCUT2D eigenvalue weighted by Gasteiger charge is 2.25. The molecule has 1 heterocycles. The molecule has 128 valence electrons. The van der Waals surface area contributed by atoms with Gasteiger partial charge in [0.05, 0.1) is 0 Å². The number of ether oxygens (including phenoxy) is 2. The van der Waals surface area contributed by atoms with Crippen molar-refractivity contribution in [1.29, 1.82) is 0 Å². The van der Waals surface area contributed by atoms with Gasteiger partial charge in [-0.2, -0.15) is 0 Å². The monoisotopic (exact) mass is 321 g/mol. The Labute approximate surface area is 138 Å². The number of benzene rings is 1. The van der Waals surface area contributed by atoms with E-state index in [-0.39, 0.29) is 11.5 Å². The Balaban J connectivity index is 2.10. The molecule has 0 saturated carbocycles. The van der Waals surface area contributed by atoms with Crippen LogP contribution in [-0.2, 0) is 4.79 Å². The van der Waals surface area contributed by atoms with Crippen molar-refractivity contribution in [3.8, 4) is 11.5 Å². The van der Waals surface area contributed by atoms with E-state index in [2.05, 4.69) is 26.1 Å². The van der Waals surface area contributed by atoms with Gasteiger partial charge in [0.25, 0.3) is 0 Å². The Morgan fingerprint density at radius 2 is 2.00 bits per heavy atom. The van der Waals surface area contributed by atoms with Crippen LogP contribution in [0, 0.1) is 5.41 Å². The fourth-order valence-electron chi connectivity index (χ4n) is 2.68. The van der Waals surface area contributed by atoms with Gasteiger partial charge in [-0.05, 0) is 31.2 Å². The molecule has 2 rings (SSSR count). The van der Waals surface area contributed by atoms with Crippen LogP contribution in [0.15, 0.2) is 18.2 Å². The zero-order chi connectivity index (χ0) is 17.0. The smallest absolute Gasteiger partial charge is 0.320 e. The van der Waals surface area contributed by atoms with Gasteiger partial charge >= 0.3 is 5.97 Å². The van der Waals surface area contributed by atoms with Crippen molar-refractivity contribution in [1.82, 2.24) is 5.32 Å². The predicted molar refractivity (Wildman–Crippen MR) is 89.1 cm³/mol. The molecule has 23 heavy (non-hydrogen) atoms. The van der Waals surface area contributed by atoms with Crippen LogP contribution in [0.25, 0.3) is 0 Å². The van der Waals surface area contributed by atoms with Gasteiger partial charge in [0.1, 0.15) is 19.3 Å². The molecule has 0 spiro atoms. The molecule has 1 aromatic carbocycles. The van der Waals surface area contributed by atoms with E-state index in [9.17, 15) is 9.90 Å². The summed E-state index contributed by atoms with van der Waals surface area (Å²) in [6, 6.07) is 5.02. The van der Waals surface area contributed by atoms with Gasteiger partial charge in [0.15, 0.2) is 11.5 Å². The molecule has 1 aliphatic rings. The van der Waals surface area contributed by atoms with Crippen LogP contribution in [0.5, 0.6) is 11.5 Å². The lowest BCUT2D eigenvalue weighted by Crippen LogP contribution is -2.39. The summed E-state index contributed by atoms with van der Waals surface area (Å²) in [7, 11) is 0. The number of para-hydroxylation sites is 1. The largest absolute Gasteiger partial charge is 0.486 e.